The second-order valence-corrected chi connectivity index (χ2v) is 3.21. The van der Waals surface area contributed by atoms with Crippen LogP contribution in [0.4, 0.5) is 24.8 Å². The molecule has 0 amide bonds. The fourth-order valence-electron chi connectivity index (χ4n) is 1.44. The number of hydrogen-bond acceptors (Lipinski definition) is 3. The van der Waals surface area contributed by atoms with Gasteiger partial charge in [0, 0.05) is 0 Å². The van der Waals surface area contributed by atoms with Gasteiger partial charge >= 0.3 is 6.18 Å². The third kappa shape index (κ3) is 2.51. The van der Waals surface area contributed by atoms with E-state index >= 15 is 0 Å². The number of halogens is 3. The molecule has 0 fully saturated rings. The standard InChI is InChI=1S/C9H12F3N3/c1-2-3-5-4-6(13)15-8(14)7(5)9(10,11)12/h4H,2-3H2,1H3,(H4,13,14,15). The largest absolute Gasteiger partial charge is 0.420 e. The van der Waals surface area contributed by atoms with Crippen LogP contribution in [-0.2, 0) is 12.6 Å². The molecule has 0 aliphatic heterocycles. The van der Waals surface area contributed by atoms with E-state index in [9.17, 15) is 13.2 Å². The molecule has 0 saturated carbocycles. The van der Waals surface area contributed by atoms with Gasteiger partial charge in [0.1, 0.15) is 17.2 Å². The molecule has 15 heavy (non-hydrogen) atoms. The van der Waals surface area contributed by atoms with Crippen molar-refractivity contribution >= 4 is 11.6 Å². The van der Waals surface area contributed by atoms with Gasteiger partial charge < -0.3 is 11.5 Å². The summed E-state index contributed by atoms with van der Waals surface area (Å²) >= 11 is 0. The lowest BCUT2D eigenvalue weighted by Crippen LogP contribution is -2.15. The molecule has 0 bridgehead atoms. The Morgan fingerprint density at radius 3 is 2.40 bits per heavy atom. The Morgan fingerprint density at radius 1 is 1.33 bits per heavy atom. The molecule has 1 heterocycles. The normalized spacial score (nSPS) is 11.7. The van der Waals surface area contributed by atoms with Crippen molar-refractivity contribution in [2.24, 2.45) is 0 Å². The van der Waals surface area contributed by atoms with E-state index in [4.69, 9.17) is 11.5 Å². The molecule has 1 aromatic heterocycles. The lowest BCUT2D eigenvalue weighted by Gasteiger charge is -2.14. The summed E-state index contributed by atoms with van der Waals surface area (Å²) in [7, 11) is 0. The predicted molar refractivity (Wildman–Crippen MR) is 52.1 cm³/mol. The number of anilines is 2. The summed E-state index contributed by atoms with van der Waals surface area (Å²) in [6.07, 6.45) is -3.60. The maximum absolute atomic E-state index is 12.6. The smallest absolute Gasteiger partial charge is 0.384 e. The van der Waals surface area contributed by atoms with E-state index in [0.29, 0.717) is 6.42 Å². The second kappa shape index (κ2) is 3.96. The SMILES string of the molecule is CCCc1cc(N)nc(N)c1C(F)(F)F. The number of rotatable bonds is 2. The van der Waals surface area contributed by atoms with Crippen LogP contribution >= 0.6 is 0 Å². The van der Waals surface area contributed by atoms with Gasteiger partial charge in [-0.25, -0.2) is 4.98 Å². The van der Waals surface area contributed by atoms with E-state index < -0.39 is 17.6 Å². The average Bonchev–Trinajstić information content (AvgIpc) is 1.99. The first-order valence-electron chi connectivity index (χ1n) is 4.48. The van der Waals surface area contributed by atoms with E-state index in [0.717, 1.165) is 0 Å². The van der Waals surface area contributed by atoms with Crippen LogP contribution in [0.5, 0.6) is 0 Å². The van der Waals surface area contributed by atoms with Crippen molar-refractivity contribution in [2.75, 3.05) is 11.5 Å². The number of aromatic nitrogens is 1. The van der Waals surface area contributed by atoms with E-state index in [1.807, 2.05) is 0 Å². The van der Waals surface area contributed by atoms with Crippen LogP contribution in [0.15, 0.2) is 6.07 Å². The topological polar surface area (TPSA) is 64.9 Å². The van der Waals surface area contributed by atoms with Crippen LogP contribution in [0, 0.1) is 0 Å². The lowest BCUT2D eigenvalue weighted by atomic mass is 10.0. The van der Waals surface area contributed by atoms with Gasteiger partial charge in [0.15, 0.2) is 0 Å². The highest BCUT2D eigenvalue weighted by Crippen LogP contribution is 2.36. The third-order valence-corrected chi connectivity index (χ3v) is 1.95. The molecule has 3 nitrogen and oxygen atoms in total. The Morgan fingerprint density at radius 2 is 1.93 bits per heavy atom. The zero-order valence-electron chi connectivity index (χ0n) is 8.23. The highest BCUT2D eigenvalue weighted by Gasteiger charge is 2.36. The fraction of sp³-hybridized carbons (Fsp3) is 0.444. The molecule has 4 N–H and O–H groups in total. The van der Waals surface area contributed by atoms with Crippen molar-refractivity contribution in [3.8, 4) is 0 Å². The molecule has 1 aromatic rings. The van der Waals surface area contributed by atoms with Crippen molar-refractivity contribution in [3.63, 3.8) is 0 Å². The van der Waals surface area contributed by atoms with E-state index in [2.05, 4.69) is 4.98 Å². The van der Waals surface area contributed by atoms with Crippen LogP contribution < -0.4 is 11.5 Å². The minimum atomic E-state index is -4.48. The Kier molecular flexibility index (Phi) is 3.06. The first kappa shape index (κ1) is 11.6. The molecule has 0 radical (unpaired) electrons. The lowest BCUT2D eigenvalue weighted by molar-refractivity contribution is -0.137. The van der Waals surface area contributed by atoms with Crippen LogP contribution in [-0.4, -0.2) is 4.98 Å². The van der Waals surface area contributed by atoms with E-state index in [-0.39, 0.29) is 17.8 Å². The molecule has 0 saturated heterocycles. The van der Waals surface area contributed by atoms with Crippen LogP contribution in [0.1, 0.15) is 24.5 Å². The van der Waals surface area contributed by atoms with Crippen LogP contribution in [0.3, 0.4) is 0 Å². The van der Waals surface area contributed by atoms with Crippen LogP contribution in [0.25, 0.3) is 0 Å². The molecule has 84 valence electrons. The Bertz CT molecular complexity index is 360. The average molecular weight is 219 g/mol. The highest BCUT2D eigenvalue weighted by atomic mass is 19.4. The summed E-state index contributed by atoms with van der Waals surface area (Å²) < 4.78 is 37.8. The molecular weight excluding hydrogens is 207 g/mol. The number of aryl methyl sites for hydroxylation is 1. The number of pyridine rings is 1. The van der Waals surface area contributed by atoms with Gasteiger partial charge in [0.2, 0.25) is 0 Å². The van der Waals surface area contributed by atoms with E-state index in [1.54, 1.807) is 6.92 Å². The molecule has 0 unspecified atom stereocenters. The third-order valence-electron chi connectivity index (χ3n) is 1.95. The minimum absolute atomic E-state index is 0.0175. The van der Waals surface area contributed by atoms with Crippen molar-refractivity contribution < 1.29 is 13.2 Å². The van der Waals surface area contributed by atoms with Gasteiger partial charge in [0.25, 0.3) is 0 Å². The van der Waals surface area contributed by atoms with Gasteiger partial charge in [-0.15, -0.1) is 0 Å². The molecule has 0 spiro atoms. The number of nitrogen functional groups attached to an aromatic ring is 2. The maximum Gasteiger partial charge on any atom is 0.420 e. The molecule has 0 atom stereocenters. The van der Waals surface area contributed by atoms with Crippen molar-refractivity contribution in [1.82, 2.24) is 4.98 Å². The van der Waals surface area contributed by atoms with Crippen LogP contribution in [0.2, 0.25) is 0 Å². The summed E-state index contributed by atoms with van der Waals surface area (Å²) in [5, 5.41) is 0. The van der Waals surface area contributed by atoms with Gasteiger partial charge in [-0.1, -0.05) is 13.3 Å². The highest BCUT2D eigenvalue weighted by molar-refractivity contribution is 5.53. The zero-order chi connectivity index (χ0) is 11.6. The minimum Gasteiger partial charge on any atom is -0.384 e. The zero-order valence-corrected chi connectivity index (χ0v) is 8.23. The number of alkyl halides is 3. The molecule has 0 aliphatic rings. The first-order valence-corrected chi connectivity index (χ1v) is 4.48. The number of nitrogens with zero attached hydrogens (tertiary/aromatic N) is 1. The molecular formula is C9H12F3N3. The fourth-order valence-corrected chi connectivity index (χ4v) is 1.44. The van der Waals surface area contributed by atoms with Crippen molar-refractivity contribution in [1.29, 1.82) is 0 Å². The summed E-state index contributed by atoms with van der Waals surface area (Å²) in [6.45, 7) is 1.78. The van der Waals surface area contributed by atoms with Gasteiger partial charge in [-0.2, -0.15) is 13.2 Å². The quantitative estimate of drug-likeness (QED) is 0.801. The number of nitrogens with two attached hydrogens (primary N) is 2. The number of hydrogen-bond donors (Lipinski definition) is 2. The Labute approximate surface area is 85.3 Å². The van der Waals surface area contributed by atoms with Gasteiger partial charge in [0.05, 0.1) is 0 Å². The van der Waals surface area contributed by atoms with Crippen molar-refractivity contribution in [2.45, 2.75) is 25.9 Å². The van der Waals surface area contributed by atoms with Crippen molar-refractivity contribution in [3.05, 3.63) is 17.2 Å². The van der Waals surface area contributed by atoms with Gasteiger partial charge in [-0.05, 0) is 18.1 Å². The predicted octanol–water partition coefficient (Wildman–Crippen LogP) is 2.22. The summed E-state index contributed by atoms with van der Waals surface area (Å²) in [4.78, 5) is 3.42. The first-order chi connectivity index (χ1) is 6.86. The van der Waals surface area contributed by atoms with Gasteiger partial charge in [-0.3, -0.25) is 0 Å². The molecule has 0 aliphatic carbocycles. The second-order valence-electron chi connectivity index (χ2n) is 3.21. The maximum atomic E-state index is 12.6. The summed E-state index contributed by atoms with van der Waals surface area (Å²) in [5.41, 5.74) is 9.81. The monoisotopic (exact) mass is 219 g/mol. The molecule has 0 aromatic carbocycles. The van der Waals surface area contributed by atoms with E-state index in [1.165, 1.54) is 6.07 Å². The Hall–Kier alpha value is -1.46. The molecule has 6 heteroatoms. The molecule has 1 rings (SSSR count). The Balaban J connectivity index is 3.33. The summed E-state index contributed by atoms with van der Waals surface area (Å²) in [6, 6.07) is 1.22. The summed E-state index contributed by atoms with van der Waals surface area (Å²) in [5.74, 6) is -0.532.